The highest BCUT2D eigenvalue weighted by molar-refractivity contribution is 5.96. The lowest BCUT2D eigenvalue weighted by molar-refractivity contribution is 0.0742. The fourth-order valence-corrected chi connectivity index (χ4v) is 2.05. The minimum Gasteiger partial charge on any atom is -0.338 e. The van der Waals surface area contributed by atoms with Crippen molar-refractivity contribution in [2.45, 2.75) is 27.7 Å². The Morgan fingerprint density at radius 3 is 2.50 bits per heavy atom. The number of hydrogen-bond acceptors (Lipinski definition) is 3. The largest absolute Gasteiger partial charge is 0.338 e. The molecule has 0 bridgehead atoms. The molecule has 1 heterocycles. The molecule has 1 atom stereocenters. The average molecular weight is 252 g/mol. The van der Waals surface area contributed by atoms with Crippen LogP contribution in [0, 0.1) is 19.8 Å². The SMILES string of the molecule is CCN(CC(C)CN)C(=O)c1c(C)nn(C)c1C. The smallest absolute Gasteiger partial charge is 0.257 e. The number of carbonyl (C=O) groups excluding carboxylic acids is 1. The van der Waals surface area contributed by atoms with Crippen LogP contribution in [0.5, 0.6) is 0 Å². The zero-order valence-corrected chi connectivity index (χ0v) is 12.0. The van der Waals surface area contributed by atoms with Crippen LogP contribution in [0.15, 0.2) is 0 Å². The summed E-state index contributed by atoms with van der Waals surface area (Å²) in [5, 5.41) is 4.29. The first kappa shape index (κ1) is 14.7. The Labute approximate surface area is 109 Å². The van der Waals surface area contributed by atoms with Crippen LogP contribution in [0.25, 0.3) is 0 Å². The summed E-state index contributed by atoms with van der Waals surface area (Å²) in [7, 11) is 1.86. The van der Waals surface area contributed by atoms with Crippen LogP contribution in [0.2, 0.25) is 0 Å². The molecule has 0 aromatic carbocycles. The van der Waals surface area contributed by atoms with Crippen LogP contribution in [0.3, 0.4) is 0 Å². The van der Waals surface area contributed by atoms with Gasteiger partial charge in [0, 0.05) is 25.8 Å². The molecule has 0 saturated carbocycles. The molecule has 2 N–H and O–H groups in total. The maximum atomic E-state index is 12.5. The Kier molecular flexibility index (Phi) is 4.90. The second-order valence-electron chi connectivity index (χ2n) is 4.85. The van der Waals surface area contributed by atoms with Crippen molar-refractivity contribution < 1.29 is 4.79 Å². The molecule has 1 unspecified atom stereocenters. The van der Waals surface area contributed by atoms with E-state index in [4.69, 9.17) is 5.73 Å². The standard InChI is InChI=1S/C13H24N4O/c1-6-17(8-9(2)7-14)13(18)12-10(3)15-16(5)11(12)4/h9H,6-8,14H2,1-5H3. The molecule has 0 aliphatic carbocycles. The quantitative estimate of drug-likeness (QED) is 0.853. The van der Waals surface area contributed by atoms with Gasteiger partial charge in [-0.15, -0.1) is 0 Å². The lowest BCUT2D eigenvalue weighted by atomic mass is 10.1. The van der Waals surface area contributed by atoms with Crippen LogP contribution in [0.1, 0.15) is 35.6 Å². The predicted molar refractivity (Wildman–Crippen MR) is 72.5 cm³/mol. The van der Waals surface area contributed by atoms with Crippen molar-refractivity contribution in [1.29, 1.82) is 0 Å². The van der Waals surface area contributed by atoms with Gasteiger partial charge in [-0.3, -0.25) is 9.48 Å². The van der Waals surface area contributed by atoms with Crippen LogP contribution in [0.4, 0.5) is 0 Å². The van der Waals surface area contributed by atoms with E-state index in [0.29, 0.717) is 25.6 Å². The summed E-state index contributed by atoms with van der Waals surface area (Å²) in [6, 6.07) is 0. The predicted octanol–water partition coefficient (Wildman–Crippen LogP) is 1.09. The lowest BCUT2D eigenvalue weighted by Gasteiger charge is -2.24. The summed E-state index contributed by atoms with van der Waals surface area (Å²) >= 11 is 0. The van der Waals surface area contributed by atoms with E-state index in [1.165, 1.54) is 0 Å². The molecule has 0 aliphatic rings. The summed E-state index contributed by atoms with van der Waals surface area (Å²) in [5.74, 6) is 0.368. The molecule has 0 saturated heterocycles. The molecule has 102 valence electrons. The van der Waals surface area contributed by atoms with Crippen molar-refractivity contribution in [3.05, 3.63) is 17.0 Å². The summed E-state index contributed by atoms with van der Waals surface area (Å²) in [4.78, 5) is 14.4. The zero-order valence-electron chi connectivity index (χ0n) is 12.0. The van der Waals surface area contributed by atoms with E-state index >= 15 is 0 Å². The van der Waals surface area contributed by atoms with Gasteiger partial charge in [-0.1, -0.05) is 6.92 Å². The van der Waals surface area contributed by atoms with Crippen molar-refractivity contribution in [1.82, 2.24) is 14.7 Å². The number of hydrogen-bond donors (Lipinski definition) is 1. The molecule has 5 heteroatoms. The summed E-state index contributed by atoms with van der Waals surface area (Å²) in [5.41, 5.74) is 8.05. The van der Waals surface area contributed by atoms with Crippen molar-refractivity contribution in [3.63, 3.8) is 0 Å². The maximum Gasteiger partial charge on any atom is 0.257 e. The van der Waals surface area contributed by atoms with E-state index in [9.17, 15) is 4.79 Å². The number of aryl methyl sites for hydroxylation is 2. The van der Waals surface area contributed by atoms with Gasteiger partial charge >= 0.3 is 0 Å². The molecule has 18 heavy (non-hydrogen) atoms. The van der Waals surface area contributed by atoms with Gasteiger partial charge in [-0.25, -0.2) is 0 Å². The number of aromatic nitrogens is 2. The third-order valence-electron chi connectivity index (χ3n) is 3.33. The highest BCUT2D eigenvalue weighted by Gasteiger charge is 2.22. The molecule has 1 aromatic heterocycles. The van der Waals surface area contributed by atoms with Gasteiger partial charge in [-0.2, -0.15) is 5.10 Å². The van der Waals surface area contributed by atoms with E-state index in [-0.39, 0.29) is 5.91 Å². The highest BCUT2D eigenvalue weighted by Crippen LogP contribution is 2.15. The molecular formula is C13H24N4O. The second kappa shape index (κ2) is 6.00. The third-order valence-corrected chi connectivity index (χ3v) is 3.33. The number of rotatable bonds is 5. The molecule has 0 fully saturated rings. The van der Waals surface area contributed by atoms with Crippen LogP contribution in [-0.4, -0.2) is 40.2 Å². The molecule has 1 rings (SSSR count). The van der Waals surface area contributed by atoms with Gasteiger partial charge in [0.05, 0.1) is 11.3 Å². The molecule has 5 nitrogen and oxygen atoms in total. The Bertz CT molecular complexity index is 425. The van der Waals surface area contributed by atoms with Gasteiger partial charge in [-0.05, 0) is 33.2 Å². The normalized spacial score (nSPS) is 12.6. The molecule has 0 spiro atoms. The Balaban J connectivity index is 2.96. The van der Waals surface area contributed by atoms with Crippen LogP contribution in [-0.2, 0) is 7.05 Å². The number of carbonyl (C=O) groups is 1. The third kappa shape index (κ3) is 2.90. The Morgan fingerprint density at radius 2 is 2.11 bits per heavy atom. The van der Waals surface area contributed by atoms with Crippen molar-refractivity contribution in [3.8, 4) is 0 Å². The monoisotopic (exact) mass is 252 g/mol. The summed E-state index contributed by atoms with van der Waals surface area (Å²) < 4.78 is 1.75. The van der Waals surface area contributed by atoms with E-state index in [0.717, 1.165) is 17.0 Å². The maximum absolute atomic E-state index is 12.5. The van der Waals surface area contributed by atoms with Crippen LogP contribution < -0.4 is 5.73 Å². The topological polar surface area (TPSA) is 64.2 Å². The van der Waals surface area contributed by atoms with Crippen molar-refractivity contribution >= 4 is 5.91 Å². The van der Waals surface area contributed by atoms with E-state index in [1.807, 2.05) is 32.7 Å². The second-order valence-corrected chi connectivity index (χ2v) is 4.85. The minimum absolute atomic E-state index is 0.0564. The molecule has 0 radical (unpaired) electrons. The van der Waals surface area contributed by atoms with Crippen LogP contribution >= 0.6 is 0 Å². The van der Waals surface area contributed by atoms with Crippen molar-refractivity contribution in [2.24, 2.45) is 18.7 Å². The fraction of sp³-hybridized carbons (Fsp3) is 0.692. The van der Waals surface area contributed by atoms with Gasteiger partial charge in [0.2, 0.25) is 0 Å². The Hall–Kier alpha value is -1.36. The fourth-order valence-electron chi connectivity index (χ4n) is 2.05. The zero-order chi connectivity index (χ0) is 13.9. The van der Waals surface area contributed by atoms with Crippen molar-refractivity contribution in [2.75, 3.05) is 19.6 Å². The number of nitrogens with zero attached hydrogens (tertiary/aromatic N) is 3. The lowest BCUT2D eigenvalue weighted by Crippen LogP contribution is -2.37. The first-order valence-corrected chi connectivity index (χ1v) is 6.41. The molecule has 0 aliphatic heterocycles. The highest BCUT2D eigenvalue weighted by atomic mass is 16.2. The first-order valence-electron chi connectivity index (χ1n) is 6.41. The first-order chi connectivity index (χ1) is 8.42. The van der Waals surface area contributed by atoms with E-state index < -0.39 is 0 Å². The van der Waals surface area contributed by atoms with E-state index in [1.54, 1.807) is 4.68 Å². The van der Waals surface area contributed by atoms with E-state index in [2.05, 4.69) is 12.0 Å². The van der Waals surface area contributed by atoms with Gasteiger partial charge in [0.25, 0.3) is 5.91 Å². The van der Waals surface area contributed by atoms with Gasteiger partial charge in [0.1, 0.15) is 0 Å². The number of amides is 1. The summed E-state index contributed by atoms with van der Waals surface area (Å²) in [6.45, 7) is 9.82. The van der Waals surface area contributed by atoms with Gasteiger partial charge < -0.3 is 10.6 Å². The molecule has 1 aromatic rings. The number of nitrogens with two attached hydrogens (primary N) is 1. The average Bonchev–Trinajstić information content (AvgIpc) is 2.59. The molecular weight excluding hydrogens is 228 g/mol. The van der Waals surface area contributed by atoms with Gasteiger partial charge in [0.15, 0.2) is 0 Å². The minimum atomic E-state index is 0.0564. The summed E-state index contributed by atoms with van der Waals surface area (Å²) in [6.07, 6.45) is 0. The Morgan fingerprint density at radius 1 is 1.50 bits per heavy atom. The molecule has 1 amide bonds.